The second-order valence-electron chi connectivity index (χ2n) is 10.7. The molecule has 5 atom stereocenters. The minimum Gasteiger partial charge on any atom is -0.493 e. The van der Waals surface area contributed by atoms with Crippen LogP contribution in [0.4, 0.5) is 0 Å². The van der Waals surface area contributed by atoms with Crippen molar-refractivity contribution in [3.8, 4) is 5.75 Å². The monoisotopic (exact) mass is 504 g/mol. The van der Waals surface area contributed by atoms with Crippen LogP contribution in [-0.4, -0.2) is 66.5 Å². The van der Waals surface area contributed by atoms with E-state index in [-0.39, 0.29) is 29.8 Å². The van der Waals surface area contributed by atoms with Crippen molar-refractivity contribution in [1.29, 1.82) is 0 Å². The van der Waals surface area contributed by atoms with Crippen molar-refractivity contribution in [3.63, 3.8) is 0 Å². The number of carbonyl (C=O) groups is 2. The number of fused-ring (bicyclic) bond motifs is 2. The zero-order chi connectivity index (χ0) is 25.8. The Morgan fingerprint density at radius 1 is 1.05 bits per heavy atom. The summed E-state index contributed by atoms with van der Waals surface area (Å²) in [6.45, 7) is 7.96. The van der Waals surface area contributed by atoms with Crippen LogP contribution in [0.3, 0.4) is 0 Å². The predicted molar refractivity (Wildman–Crippen MR) is 144 cm³/mol. The predicted octanol–water partition coefficient (Wildman–Crippen LogP) is 3.68. The van der Waals surface area contributed by atoms with Gasteiger partial charge in [-0.05, 0) is 37.4 Å². The van der Waals surface area contributed by atoms with Crippen LogP contribution in [0.25, 0.3) is 0 Å². The highest BCUT2D eigenvalue weighted by Gasteiger charge is 2.41. The fourth-order valence-electron chi connectivity index (χ4n) is 5.93. The van der Waals surface area contributed by atoms with Crippen molar-refractivity contribution in [1.82, 2.24) is 20.4 Å². The van der Waals surface area contributed by atoms with Gasteiger partial charge in [-0.1, -0.05) is 62.4 Å². The summed E-state index contributed by atoms with van der Waals surface area (Å²) in [5.74, 6) is 0.724. The molecule has 0 spiro atoms. The highest BCUT2D eigenvalue weighted by atomic mass is 16.5. The number of hydrogen-bond acceptors (Lipinski definition) is 5. The van der Waals surface area contributed by atoms with E-state index >= 15 is 0 Å². The lowest BCUT2D eigenvalue weighted by atomic mass is 9.98. The van der Waals surface area contributed by atoms with E-state index in [4.69, 9.17) is 4.74 Å². The van der Waals surface area contributed by atoms with Gasteiger partial charge in [0.05, 0.1) is 12.6 Å². The Labute approximate surface area is 220 Å². The number of ether oxygens (including phenoxy) is 1. The van der Waals surface area contributed by atoms with Crippen LogP contribution in [0.15, 0.2) is 54.6 Å². The SMILES string of the molecule is CC[C@@H](C)C(=O)N[C@H](C(=O)N1C[C@H]2CCCN2C[C@H]1CN[C@@H]1CCOc2ccccc21)c1ccccc1. The average Bonchev–Trinajstić information content (AvgIpc) is 3.41. The van der Waals surface area contributed by atoms with Crippen molar-refractivity contribution in [3.05, 3.63) is 65.7 Å². The number of hydrogen-bond donors (Lipinski definition) is 2. The molecule has 7 nitrogen and oxygen atoms in total. The molecule has 3 heterocycles. The molecule has 2 amide bonds. The van der Waals surface area contributed by atoms with E-state index in [1.807, 2.05) is 56.3 Å². The number of nitrogens with one attached hydrogen (secondary N) is 2. The third-order valence-electron chi connectivity index (χ3n) is 8.36. The minimum absolute atomic E-state index is 0.00594. The van der Waals surface area contributed by atoms with Gasteiger partial charge in [0.2, 0.25) is 11.8 Å². The molecule has 0 unspecified atom stereocenters. The highest BCUT2D eigenvalue weighted by molar-refractivity contribution is 5.89. The number of benzene rings is 2. The van der Waals surface area contributed by atoms with Gasteiger partial charge in [0.15, 0.2) is 0 Å². The van der Waals surface area contributed by atoms with Crippen LogP contribution >= 0.6 is 0 Å². The van der Waals surface area contributed by atoms with E-state index < -0.39 is 6.04 Å². The van der Waals surface area contributed by atoms with Crippen LogP contribution in [-0.2, 0) is 9.59 Å². The molecule has 2 N–H and O–H groups in total. The van der Waals surface area contributed by atoms with E-state index in [1.54, 1.807) is 0 Å². The van der Waals surface area contributed by atoms with Gasteiger partial charge in [-0.15, -0.1) is 0 Å². The summed E-state index contributed by atoms with van der Waals surface area (Å²) in [6, 6.07) is 17.9. The summed E-state index contributed by atoms with van der Waals surface area (Å²) >= 11 is 0. The Balaban J connectivity index is 1.37. The molecule has 2 fully saturated rings. The molecule has 0 aliphatic carbocycles. The van der Waals surface area contributed by atoms with E-state index in [9.17, 15) is 9.59 Å². The van der Waals surface area contributed by atoms with Gasteiger partial charge in [-0.25, -0.2) is 0 Å². The molecule has 0 radical (unpaired) electrons. The van der Waals surface area contributed by atoms with Crippen LogP contribution in [0.2, 0.25) is 0 Å². The van der Waals surface area contributed by atoms with Crippen LogP contribution in [0, 0.1) is 5.92 Å². The fraction of sp³-hybridized carbons (Fsp3) is 0.533. The average molecular weight is 505 g/mol. The van der Waals surface area contributed by atoms with Crippen molar-refractivity contribution >= 4 is 11.8 Å². The van der Waals surface area contributed by atoms with Crippen molar-refractivity contribution in [2.45, 2.75) is 63.7 Å². The molecule has 37 heavy (non-hydrogen) atoms. The van der Waals surface area contributed by atoms with Gasteiger partial charge < -0.3 is 20.3 Å². The lowest BCUT2D eigenvalue weighted by Crippen LogP contribution is -2.62. The summed E-state index contributed by atoms with van der Waals surface area (Å²) in [5, 5.41) is 6.87. The summed E-state index contributed by atoms with van der Waals surface area (Å²) in [4.78, 5) is 31.8. The zero-order valence-electron chi connectivity index (χ0n) is 22.1. The number of nitrogens with zero attached hydrogens (tertiary/aromatic N) is 2. The van der Waals surface area contributed by atoms with Gasteiger partial charge in [0, 0.05) is 49.6 Å². The van der Waals surface area contributed by atoms with Crippen molar-refractivity contribution in [2.24, 2.45) is 5.92 Å². The Hall–Kier alpha value is -2.90. The summed E-state index contributed by atoms with van der Waals surface area (Å²) in [5.41, 5.74) is 2.02. The number of carbonyl (C=O) groups excluding carboxylic acids is 2. The second-order valence-corrected chi connectivity index (χ2v) is 10.7. The topological polar surface area (TPSA) is 73.9 Å². The lowest BCUT2D eigenvalue weighted by molar-refractivity contribution is -0.142. The van der Waals surface area contributed by atoms with E-state index in [0.717, 1.165) is 43.7 Å². The van der Waals surface area contributed by atoms with E-state index in [1.165, 1.54) is 12.0 Å². The molecule has 7 heteroatoms. The van der Waals surface area contributed by atoms with Crippen molar-refractivity contribution in [2.75, 3.05) is 32.8 Å². The largest absolute Gasteiger partial charge is 0.493 e. The highest BCUT2D eigenvalue weighted by Crippen LogP contribution is 2.32. The molecular weight excluding hydrogens is 464 g/mol. The molecule has 2 aromatic carbocycles. The first kappa shape index (κ1) is 25.7. The van der Waals surface area contributed by atoms with Gasteiger partial charge >= 0.3 is 0 Å². The molecule has 2 saturated heterocycles. The Morgan fingerprint density at radius 3 is 2.65 bits per heavy atom. The summed E-state index contributed by atoms with van der Waals surface area (Å²) in [6.07, 6.45) is 3.93. The smallest absolute Gasteiger partial charge is 0.250 e. The molecule has 3 aliphatic heterocycles. The normalized spacial score (nSPS) is 24.9. The second kappa shape index (κ2) is 11.7. The van der Waals surface area contributed by atoms with Crippen LogP contribution in [0.1, 0.15) is 62.7 Å². The van der Waals surface area contributed by atoms with Gasteiger partial charge in [-0.2, -0.15) is 0 Å². The maximum atomic E-state index is 14.2. The minimum atomic E-state index is -0.679. The van der Waals surface area contributed by atoms with Crippen LogP contribution in [0.5, 0.6) is 5.75 Å². The molecule has 0 bridgehead atoms. The van der Waals surface area contributed by atoms with Gasteiger partial charge in [0.1, 0.15) is 11.8 Å². The van der Waals surface area contributed by atoms with Crippen molar-refractivity contribution < 1.29 is 14.3 Å². The molecule has 3 aliphatic rings. The maximum Gasteiger partial charge on any atom is 0.250 e. The number of amides is 2. The Morgan fingerprint density at radius 2 is 1.84 bits per heavy atom. The number of rotatable bonds is 8. The van der Waals surface area contributed by atoms with Gasteiger partial charge in [0.25, 0.3) is 0 Å². The molecule has 5 rings (SSSR count). The standard InChI is InChI=1S/C30H40N4O3/c1-3-21(2)29(35)32-28(22-10-5-4-6-11-22)30(36)34-20-23-12-9-16-33(23)19-24(34)18-31-26-15-17-37-27-14-8-7-13-25(26)27/h4-8,10-11,13-14,21,23-24,26,28,31H,3,9,12,15-20H2,1-2H3,(H,32,35)/t21-,23-,24-,26-,28+/m1/s1. The Bertz CT molecular complexity index is 1080. The quantitative estimate of drug-likeness (QED) is 0.574. The third kappa shape index (κ3) is 5.68. The number of para-hydroxylation sites is 1. The first-order valence-corrected chi connectivity index (χ1v) is 13.9. The fourth-order valence-corrected chi connectivity index (χ4v) is 5.93. The molecule has 198 valence electrons. The van der Waals surface area contributed by atoms with E-state index in [0.29, 0.717) is 25.7 Å². The van der Waals surface area contributed by atoms with E-state index in [2.05, 4.69) is 32.6 Å². The molecular formula is C30H40N4O3. The molecule has 0 aromatic heterocycles. The summed E-state index contributed by atoms with van der Waals surface area (Å²) in [7, 11) is 0. The first-order valence-electron chi connectivity index (χ1n) is 13.9. The third-order valence-corrected chi connectivity index (χ3v) is 8.36. The Kier molecular flexibility index (Phi) is 8.11. The summed E-state index contributed by atoms with van der Waals surface area (Å²) < 4.78 is 5.85. The van der Waals surface area contributed by atoms with Gasteiger partial charge in [-0.3, -0.25) is 14.5 Å². The number of piperazine rings is 1. The maximum absolute atomic E-state index is 14.2. The molecule has 2 aromatic rings. The van der Waals surface area contributed by atoms with Crippen LogP contribution < -0.4 is 15.4 Å². The molecule has 0 saturated carbocycles. The first-order chi connectivity index (χ1) is 18.0. The lowest BCUT2D eigenvalue weighted by Gasteiger charge is -2.45. The zero-order valence-corrected chi connectivity index (χ0v) is 22.1.